The minimum Gasteiger partial charge on any atom is -0.336 e. The maximum atomic E-state index is 12.0. The van der Waals surface area contributed by atoms with Crippen molar-refractivity contribution < 1.29 is 4.79 Å². The van der Waals surface area contributed by atoms with Crippen molar-refractivity contribution >= 4 is 5.91 Å². The van der Waals surface area contributed by atoms with Gasteiger partial charge in [0.15, 0.2) is 0 Å². The Balaban J connectivity index is 2.78. The molecule has 14 heavy (non-hydrogen) atoms. The van der Waals surface area contributed by atoms with Crippen LogP contribution in [0.3, 0.4) is 0 Å². The predicted octanol–water partition coefficient (Wildman–Crippen LogP) is 1.51. The van der Waals surface area contributed by atoms with Gasteiger partial charge in [-0.2, -0.15) is 0 Å². The first kappa shape index (κ1) is 11.5. The van der Waals surface area contributed by atoms with Crippen molar-refractivity contribution in [1.82, 2.24) is 4.90 Å². The van der Waals surface area contributed by atoms with Gasteiger partial charge in [-0.3, -0.25) is 4.79 Å². The van der Waals surface area contributed by atoms with Crippen molar-refractivity contribution in [3.05, 3.63) is 0 Å². The van der Waals surface area contributed by atoms with Gasteiger partial charge in [-0.15, -0.1) is 0 Å². The molecule has 1 aliphatic rings. The number of likely N-dealkylation sites (tertiary alicyclic amines) is 1. The molecule has 1 rings (SSSR count). The Bertz CT molecular complexity index is 210. The van der Waals surface area contributed by atoms with Crippen molar-refractivity contribution in [2.75, 3.05) is 0 Å². The third-order valence-electron chi connectivity index (χ3n) is 2.98. The quantitative estimate of drug-likeness (QED) is 0.694. The molecule has 1 saturated heterocycles. The summed E-state index contributed by atoms with van der Waals surface area (Å²) in [6.07, 6.45) is 3.43. The summed E-state index contributed by atoms with van der Waals surface area (Å²) in [4.78, 5) is 14.0. The Labute approximate surface area is 86.6 Å². The van der Waals surface area contributed by atoms with Gasteiger partial charge < -0.3 is 10.6 Å². The summed E-state index contributed by atoms with van der Waals surface area (Å²) < 4.78 is 0. The monoisotopic (exact) mass is 198 g/mol. The summed E-state index contributed by atoms with van der Waals surface area (Å²) in [7, 11) is 0. The number of piperidine rings is 1. The van der Waals surface area contributed by atoms with Crippen LogP contribution in [0.25, 0.3) is 0 Å². The summed E-state index contributed by atoms with van der Waals surface area (Å²) in [6, 6.07) is 0.683. The fourth-order valence-corrected chi connectivity index (χ4v) is 2.15. The lowest BCUT2D eigenvalue weighted by Gasteiger charge is -2.42. The highest BCUT2D eigenvalue weighted by molar-refractivity contribution is 5.85. The van der Waals surface area contributed by atoms with Gasteiger partial charge in [0.1, 0.15) is 0 Å². The highest BCUT2D eigenvalue weighted by Gasteiger charge is 2.35. The molecule has 0 spiro atoms. The molecule has 2 N–H and O–H groups in total. The van der Waals surface area contributed by atoms with Crippen LogP contribution in [0.4, 0.5) is 0 Å². The van der Waals surface area contributed by atoms with Crippen LogP contribution in [0.2, 0.25) is 0 Å². The van der Waals surface area contributed by atoms with Crippen LogP contribution in [-0.4, -0.2) is 28.4 Å². The molecule has 0 aliphatic carbocycles. The zero-order valence-corrected chi connectivity index (χ0v) is 9.71. The van der Waals surface area contributed by atoms with Gasteiger partial charge in [0.05, 0.1) is 5.54 Å². The van der Waals surface area contributed by atoms with E-state index in [1.807, 2.05) is 4.90 Å². The molecule has 0 radical (unpaired) electrons. The molecule has 0 bridgehead atoms. The Morgan fingerprint density at radius 3 is 2.07 bits per heavy atom. The second-order valence-corrected chi connectivity index (χ2v) is 5.06. The SMILES string of the molecule is CC1CCCC(C)N1C(=O)C(C)(C)N. The second-order valence-electron chi connectivity index (χ2n) is 5.06. The number of carbonyl (C=O) groups is 1. The van der Waals surface area contributed by atoms with Crippen LogP contribution in [0.1, 0.15) is 47.0 Å². The first-order valence-corrected chi connectivity index (χ1v) is 5.45. The summed E-state index contributed by atoms with van der Waals surface area (Å²) in [5.74, 6) is 0.0807. The van der Waals surface area contributed by atoms with Crippen LogP contribution >= 0.6 is 0 Å². The van der Waals surface area contributed by atoms with Crippen LogP contribution in [-0.2, 0) is 4.79 Å². The van der Waals surface area contributed by atoms with E-state index < -0.39 is 5.54 Å². The van der Waals surface area contributed by atoms with E-state index in [9.17, 15) is 4.79 Å². The molecular weight excluding hydrogens is 176 g/mol. The molecule has 0 aromatic carbocycles. The lowest BCUT2D eigenvalue weighted by atomic mass is 9.94. The van der Waals surface area contributed by atoms with Crippen molar-refractivity contribution in [3.63, 3.8) is 0 Å². The minimum atomic E-state index is -0.736. The number of carbonyl (C=O) groups excluding carboxylic acids is 1. The first-order chi connectivity index (χ1) is 6.34. The normalized spacial score (nSPS) is 29.1. The topological polar surface area (TPSA) is 46.3 Å². The summed E-state index contributed by atoms with van der Waals surface area (Å²) in [5, 5.41) is 0. The molecular formula is C11H22N2O. The molecule has 1 amide bonds. The van der Waals surface area contributed by atoms with Crippen molar-refractivity contribution in [2.45, 2.75) is 64.6 Å². The summed E-state index contributed by atoms with van der Waals surface area (Å²) in [6.45, 7) is 7.78. The van der Waals surface area contributed by atoms with Crippen molar-refractivity contribution in [1.29, 1.82) is 0 Å². The number of amides is 1. The van der Waals surface area contributed by atoms with E-state index in [0.29, 0.717) is 12.1 Å². The van der Waals surface area contributed by atoms with Gasteiger partial charge in [-0.1, -0.05) is 0 Å². The number of nitrogens with zero attached hydrogens (tertiary/aromatic N) is 1. The average molecular weight is 198 g/mol. The zero-order valence-electron chi connectivity index (χ0n) is 9.71. The Kier molecular flexibility index (Phi) is 3.20. The number of rotatable bonds is 1. The van der Waals surface area contributed by atoms with Gasteiger partial charge in [-0.05, 0) is 47.0 Å². The van der Waals surface area contributed by atoms with Crippen LogP contribution in [0.5, 0.6) is 0 Å². The molecule has 3 nitrogen and oxygen atoms in total. The highest BCUT2D eigenvalue weighted by atomic mass is 16.2. The lowest BCUT2D eigenvalue weighted by Crippen LogP contribution is -2.57. The molecule has 0 saturated carbocycles. The van der Waals surface area contributed by atoms with Crippen LogP contribution in [0.15, 0.2) is 0 Å². The molecule has 0 aromatic heterocycles. The molecule has 1 heterocycles. The first-order valence-electron chi connectivity index (χ1n) is 5.45. The predicted molar refractivity (Wildman–Crippen MR) is 57.9 cm³/mol. The molecule has 2 unspecified atom stereocenters. The number of hydrogen-bond donors (Lipinski definition) is 1. The van der Waals surface area contributed by atoms with E-state index in [1.165, 1.54) is 6.42 Å². The van der Waals surface area contributed by atoms with Crippen LogP contribution < -0.4 is 5.73 Å². The molecule has 82 valence electrons. The van der Waals surface area contributed by atoms with Crippen molar-refractivity contribution in [2.24, 2.45) is 5.73 Å². The van der Waals surface area contributed by atoms with E-state index in [4.69, 9.17) is 5.73 Å². The fraction of sp³-hybridized carbons (Fsp3) is 0.909. The van der Waals surface area contributed by atoms with E-state index >= 15 is 0 Å². The zero-order chi connectivity index (χ0) is 10.9. The smallest absolute Gasteiger partial charge is 0.242 e. The summed E-state index contributed by atoms with van der Waals surface area (Å²) >= 11 is 0. The van der Waals surface area contributed by atoms with E-state index in [0.717, 1.165) is 12.8 Å². The third-order valence-corrected chi connectivity index (χ3v) is 2.98. The van der Waals surface area contributed by atoms with Crippen molar-refractivity contribution in [3.8, 4) is 0 Å². The molecule has 2 atom stereocenters. The second kappa shape index (κ2) is 3.89. The van der Waals surface area contributed by atoms with E-state index in [1.54, 1.807) is 13.8 Å². The largest absolute Gasteiger partial charge is 0.336 e. The molecule has 0 aromatic rings. The van der Waals surface area contributed by atoms with E-state index in [2.05, 4.69) is 13.8 Å². The number of nitrogens with two attached hydrogens (primary N) is 1. The van der Waals surface area contributed by atoms with Gasteiger partial charge in [-0.25, -0.2) is 0 Å². The highest BCUT2D eigenvalue weighted by Crippen LogP contribution is 2.24. The Hall–Kier alpha value is -0.570. The average Bonchev–Trinajstić information content (AvgIpc) is 2.01. The van der Waals surface area contributed by atoms with Gasteiger partial charge >= 0.3 is 0 Å². The maximum absolute atomic E-state index is 12.0. The Morgan fingerprint density at radius 2 is 1.71 bits per heavy atom. The van der Waals surface area contributed by atoms with Crippen LogP contribution in [0, 0.1) is 0 Å². The van der Waals surface area contributed by atoms with Gasteiger partial charge in [0.2, 0.25) is 5.91 Å². The third kappa shape index (κ3) is 2.27. The van der Waals surface area contributed by atoms with Gasteiger partial charge in [0.25, 0.3) is 0 Å². The molecule has 1 fully saturated rings. The minimum absolute atomic E-state index is 0.0807. The summed E-state index contributed by atoms with van der Waals surface area (Å²) in [5.41, 5.74) is 5.11. The molecule has 1 aliphatic heterocycles. The van der Waals surface area contributed by atoms with E-state index in [-0.39, 0.29) is 5.91 Å². The standard InChI is InChI=1S/C11H22N2O/c1-8-6-5-7-9(2)13(8)10(14)11(3,4)12/h8-9H,5-7,12H2,1-4H3. The Morgan fingerprint density at radius 1 is 1.29 bits per heavy atom. The lowest BCUT2D eigenvalue weighted by molar-refractivity contribution is -0.142. The maximum Gasteiger partial charge on any atom is 0.242 e. The molecule has 3 heteroatoms. The van der Waals surface area contributed by atoms with Gasteiger partial charge in [0, 0.05) is 12.1 Å². The fourth-order valence-electron chi connectivity index (χ4n) is 2.15. The number of hydrogen-bond acceptors (Lipinski definition) is 2.